The van der Waals surface area contributed by atoms with Gasteiger partial charge in [-0.05, 0) is 38.4 Å². The summed E-state index contributed by atoms with van der Waals surface area (Å²) in [5.41, 5.74) is 1.51. The molecule has 0 atom stereocenters. The van der Waals surface area contributed by atoms with Crippen LogP contribution in [0.5, 0.6) is 0 Å². The van der Waals surface area contributed by atoms with Crippen LogP contribution in [-0.4, -0.2) is 79.5 Å². The van der Waals surface area contributed by atoms with Gasteiger partial charge in [-0.3, -0.25) is 9.59 Å². The maximum absolute atomic E-state index is 14.2. The van der Waals surface area contributed by atoms with Gasteiger partial charge in [0.15, 0.2) is 0 Å². The van der Waals surface area contributed by atoms with E-state index in [0.717, 1.165) is 12.6 Å². The molecular weight excluding hydrogens is 476 g/mol. The molecule has 0 radical (unpaired) electrons. The van der Waals surface area contributed by atoms with Gasteiger partial charge in [0, 0.05) is 61.9 Å². The average Bonchev–Trinajstić information content (AvgIpc) is 3.16. The number of amides is 2. The highest BCUT2D eigenvalue weighted by Crippen LogP contribution is 2.27. The standard InChI is InChI=1S/C25H28ClF2N5O2/c1-30(2)8-7-29-24(34)16-33-15-20(19-5-3-17(26)13-23(19)33)25(35)32-11-9-31(10-12-32)22-6-4-18(27)14-21(22)28/h3-6,13-15H,7-12,16H2,1-2H3,(H,29,34). The number of nitrogens with zero attached hydrogens (tertiary/aromatic N) is 4. The fourth-order valence-corrected chi connectivity index (χ4v) is 4.42. The van der Waals surface area contributed by atoms with Crippen LogP contribution in [0.4, 0.5) is 14.5 Å². The van der Waals surface area contributed by atoms with Crippen molar-refractivity contribution in [3.05, 3.63) is 64.8 Å². The summed E-state index contributed by atoms with van der Waals surface area (Å²) in [7, 11) is 3.86. The van der Waals surface area contributed by atoms with Gasteiger partial charge in [0.1, 0.15) is 18.2 Å². The second kappa shape index (κ2) is 10.6. The normalized spacial score (nSPS) is 14.1. The number of hydrogen-bond acceptors (Lipinski definition) is 4. The van der Waals surface area contributed by atoms with Crippen LogP contribution in [-0.2, 0) is 11.3 Å². The third kappa shape index (κ3) is 5.74. The van der Waals surface area contributed by atoms with Gasteiger partial charge >= 0.3 is 0 Å². The van der Waals surface area contributed by atoms with E-state index in [1.54, 1.807) is 38.8 Å². The van der Waals surface area contributed by atoms with Crippen LogP contribution in [0.2, 0.25) is 5.02 Å². The number of carbonyl (C=O) groups excluding carboxylic acids is 2. The van der Waals surface area contributed by atoms with Gasteiger partial charge < -0.3 is 24.6 Å². The minimum Gasteiger partial charge on any atom is -0.366 e. The Balaban J connectivity index is 1.49. The maximum atomic E-state index is 14.2. The van der Waals surface area contributed by atoms with Crippen molar-refractivity contribution >= 4 is 40.0 Å². The SMILES string of the molecule is CN(C)CCNC(=O)Cn1cc(C(=O)N2CCN(c3ccc(F)cc3F)CC2)c2ccc(Cl)cc21. The lowest BCUT2D eigenvalue weighted by Gasteiger charge is -2.36. The Labute approximate surface area is 207 Å². The number of piperazine rings is 1. The van der Waals surface area contributed by atoms with Gasteiger partial charge in [0.05, 0.1) is 16.8 Å². The van der Waals surface area contributed by atoms with E-state index < -0.39 is 11.6 Å². The Morgan fingerprint density at radius 2 is 1.80 bits per heavy atom. The Bertz CT molecular complexity index is 1240. The number of aromatic nitrogens is 1. The molecule has 1 saturated heterocycles. The first-order valence-corrected chi connectivity index (χ1v) is 11.8. The number of fused-ring (bicyclic) bond motifs is 1. The number of carbonyl (C=O) groups is 2. The smallest absolute Gasteiger partial charge is 0.256 e. The summed E-state index contributed by atoms with van der Waals surface area (Å²) in [5.74, 6) is -1.56. The summed E-state index contributed by atoms with van der Waals surface area (Å²) in [5, 5.41) is 4.11. The van der Waals surface area contributed by atoms with E-state index >= 15 is 0 Å². The molecule has 186 valence electrons. The predicted molar refractivity (Wildman–Crippen MR) is 133 cm³/mol. The van der Waals surface area contributed by atoms with E-state index in [0.29, 0.717) is 59.9 Å². The maximum Gasteiger partial charge on any atom is 0.256 e. The molecule has 3 aromatic rings. The molecule has 4 rings (SSSR count). The Kier molecular flexibility index (Phi) is 7.57. The molecule has 0 spiro atoms. The quantitative estimate of drug-likeness (QED) is 0.538. The van der Waals surface area contributed by atoms with Crippen molar-refractivity contribution in [3.8, 4) is 0 Å². The molecule has 1 aromatic heterocycles. The molecule has 35 heavy (non-hydrogen) atoms. The van der Waals surface area contributed by atoms with Crippen molar-refractivity contribution in [2.75, 3.05) is 58.3 Å². The van der Waals surface area contributed by atoms with Crippen molar-refractivity contribution in [3.63, 3.8) is 0 Å². The first-order valence-electron chi connectivity index (χ1n) is 11.4. The van der Waals surface area contributed by atoms with Crippen LogP contribution < -0.4 is 10.2 Å². The molecule has 1 N–H and O–H groups in total. The monoisotopic (exact) mass is 503 g/mol. The number of anilines is 1. The zero-order valence-electron chi connectivity index (χ0n) is 19.7. The van der Waals surface area contributed by atoms with Crippen molar-refractivity contribution in [2.45, 2.75) is 6.54 Å². The second-order valence-corrected chi connectivity index (χ2v) is 9.30. The highest BCUT2D eigenvalue weighted by Gasteiger charge is 2.26. The van der Waals surface area contributed by atoms with Crippen LogP contribution in [0.25, 0.3) is 10.9 Å². The van der Waals surface area contributed by atoms with Crippen LogP contribution in [0.15, 0.2) is 42.6 Å². The van der Waals surface area contributed by atoms with Crippen LogP contribution >= 0.6 is 11.6 Å². The van der Waals surface area contributed by atoms with Gasteiger partial charge in [-0.2, -0.15) is 0 Å². The highest BCUT2D eigenvalue weighted by atomic mass is 35.5. The van der Waals surface area contributed by atoms with Crippen molar-refractivity contribution in [2.24, 2.45) is 0 Å². The molecule has 1 aliphatic rings. The van der Waals surface area contributed by atoms with E-state index in [9.17, 15) is 18.4 Å². The molecule has 0 aliphatic carbocycles. The molecule has 10 heteroatoms. The molecule has 7 nitrogen and oxygen atoms in total. The molecule has 1 aliphatic heterocycles. The predicted octanol–water partition coefficient (Wildman–Crippen LogP) is 3.21. The molecular formula is C25H28ClF2N5O2. The lowest BCUT2D eigenvalue weighted by Crippen LogP contribution is -2.49. The Morgan fingerprint density at radius 1 is 1.06 bits per heavy atom. The van der Waals surface area contributed by atoms with Crippen molar-refractivity contribution < 1.29 is 18.4 Å². The fraction of sp³-hybridized carbons (Fsp3) is 0.360. The number of nitrogens with one attached hydrogen (secondary N) is 1. The van der Waals surface area contributed by atoms with Crippen LogP contribution in [0.1, 0.15) is 10.4 Å². The molecule has 1 fully saturated rings. The van der Waals surface area contributed by atoms with Crippen LogP contribution in [0.3, 0.4) is 0 Å². The topological polar surface area (TPSA) is 60.8 Å². The zero-order chi connectivity index (χ0) is 25.1. The summed E-state index contributed by atoms with van der Waals surface area (Å²) in [6, 6.07) is 8.77. The number of benzene rings is 2. The first-order chi connectivity index (χ1) is 16.7. The van der Waals surface area contributed by atoms with Gasteiger partial charge in [-0.25, -0.2) is 8.78 Å². The first kappa shape index (κ1) is 24.9. The molecule has 2 amide bonds. The number of likely N-dealkylation sites (N-methyl/N-ethyl adjacent to an activating group) is 1. The fourth-order valence-electron chi connectivity index (χ4n) is 4.25. The summed E-state index contributed by atoms with van der Waals surface area (Å²) < 4.78 is 29.2. The van der Waals surface area contributed by atoms with E-state index in [-0.39, 0.29) is 18.4 Å². The molecule has 0 bridgehead atoms. The number of hydrogen-bond donors (Lipinski definition) is 1. The third-order valence-electron chi connectivity index (χ3n) is 6.09. The van der Waals surface area contributed by atoms with E-state index in [1.165, 1.54) is 12.1 Å². The van der Waals surface area contributed by atoms with Crippen LogP contribution in [0, 0.1) is 11.6 Å². The summed E-state index contributed by atoms with van der Waals surface area (Å²) in [6.07, 6.45) is 1.70. The number of rotatable bonds is 7. The minimum atomic E-state index is -0.622. The molecule has 0 saturated carbocycles. The lowest BCUT2D eigenvalue weighted by molar-refractivity contribution is -0.121. The summed E-state index contributed by atoms with van der Waals surface area (Å²) in [6.45, 7) is 2.94. The van der Waals surface area contributed by atoms with Gasteiger partial charge in [0.25, 0.3) is 5.91 Å². The number of halogens is 3. The Hall–Kier alpha value is -3.17. The largest absolute Gasteiger partial charge is 0.366 e. The third-order valence-corrected chi connectivity index (χ3v) is 6.32. The van der Waals surface area contributed by atoms with Gasteiger partial charge in [0.2, 0.25) is 5.91 Å². The molecule has 2 aromatic carbocycles. The van der Waals surface area contributed by atoms with E-state index in [2.05, 4.69) is 5.32 Å². The zero-order valence-corrected chi connectivity index (χ0v) is 20.5. The highest BCUT2D eigenvalue weighted by molar-refractivity contribution is 6.31. The van der Waals surface area contributed by atoms with E-state index in [1.807, 2.05) is 19.0 Å². The summed E-state index contributed by atoms with van der Waals surface area (Å²) in [4.78, 5) is 31.4. The molecule has 0 unspecified atom stereocenters. The van der Waals surface area contributed by atoms with Gasteiger partial charge in [-0.15, -0.1) is 0 Å². The van der Waals surface area contributed by atoms with Crippen molar-refractivity contribution in [1.82, 2.24) is 19.7 Å². The summed E-state index contributed by atoms with van der Waals surface area (Å²) >= 11 is 6.21. The lowest BCUT2D eigenvalue weighted by atomic mass is 10.1. The average molecular weight is 504 g/mol. The second-order valence-electron chi connectivity index (χ2n) is 8.86. The minimum absolute atomic E-state index is 0.0647. The molecule has 2 heterocycles. The van der Waals surface area contributed by atoms with Crippen molar-refractivity contribution in [1.29, 1.82) is 0 Å². The Morgan fingerprint density at radius 3 is 2.49 bits per heavy atom. The van der Waals surface area contributed by atoms with E-state index in [4.69, 9.17) is 11.6 Å². The van der Waals surface area contributed by atoms with Gasteiger partial charge in [-0.1, -0.05) is 17.7 Å².